The Bertz CT molecular complexity index is 1180. The molecule has 0 bridgehead atoms. The average molecular weight is 409 g/mol. The molecule has 3 aromatic rings. The van der Waals surface area contributed by atoms with E-state index in [0.717, 1.165) is 23.2 Å². The smallest absolute Gasteiger partial charge is 0.267 e. The topological polar surface area (TPSA) is 98.9 Å². The molecule has 0 unspecified atom stereocenters. The monoisotopic (exact) mass is 409 g/mol. The second-order valence-electron chi connectivity index (χ2n) is 7.17. The molecule has 4 rings (SSSR count). The normalized spacial score (nSPS) is 13.2. The van der Waals surface area contributed by atoms with Gasteiger partial charge in [-0.05, 0) is 49.2 Å². The predicted octanol–water partition coefficient (Wildman–Crippen LogP) is 1.30. The molecule has 1 fully saturated rings. The van der Waals surface area contributed by atoms with Gasteiger partial charge in [-0.3, -0.25) is 14.4 Å². The minimum atomic E-state index is -0.375. The first kappa shape index (κ1) is 19.7. The molecule has 2 heterocycles. The van der Waals surface area contributed by atoms with Crippen molar-refractivity contribution in [2.24, 2.45) is 0 Å². The molecule has 0 spiro atoms. The van der Waals surface area contributed by atoms with Gasteiger partial charge in [0, 0.05) is 30.2 Å². The zero-order valence-corrected chi connectivity index (χ0v) is 16.1. The fraction of sp³-hybridized carbons (Fsp3) is 0.286. The maximum atomic E-state index is 13.1. The highest BCUT2D eigenvalue weighted by Crippen LogP contribution is 2.38. The number of carbonyl (C=O) groups excluding carboxylic acids is 1. The average Bonchev–Trinajstić information content (AvgIpc) is 3.57. The molecule has 2 aromatic heterocycles. The third-order valence-electron chi connectivity index (χ3n) is 4.83. The van der Waals surface area contributed by atoms with Gasteiger partial charge in [0.15, 0.2) is 0 Å². The fourth-order valence-corrected chi connectivity index (χ4v) is 3.05. The predicted molar refractivity (Wildman–Crippen MR) is 107 cm³/mol. The Morgan fingerprint density at radius 3 is 2.40 bits per heavy atom. The molecule has 8 nitrogen and oxygen atoms in total. The van der Waals surface area contributed by atoms with Gasteiger partial charge in [0.25, 0.3) is 11.1 Å². The summed E-state index contributed by atoms with van der Waals surface area (Å²) in [6, 6.07) is 11.9. The van der Waals surface area contributed by atoms with Crippen LogP contribution in [-0.2, 0) is 17.9 Å². The lowest BCUT2D eigenvalue weighted by Gasteiger charge is -2.10. The molecular formula is C21H20FN5O3. The summed E-state index contributed by atoms with van der Waals surface area (Å²) < 4.78 is 15.5. The number of hydrogen-bond donors (Lipinski definition) is 1. The molecule has 30 heavy (non-hydrogen) atoms. The molecule has 1 N–H and O–H groups in total. The minimum absolute atomic E-state index is 0.157. The van der Waals surface area contributed by atoms with Gasteiger partial charge in [0.1, 0.15) is 12.4 Å². The van der Waals surface area contributed by atoms with Crippen LogP contribution >= 0.6 is 0 Å². The minimum Gasteiger partial charge on any atom is -0.353 e. The van der Waals surface area contributed by atoms with Crippen LogP contribution in [0.1, 0.15) is 24.5 Å². The van der Waals surface area contributed by atoms with Gasteiger partial charge in [-0.25, -0.2) is 13.8 Å². The molecule has 1 aliphatic rings. The third kappa shape index (κ3) is 4.68. The Morgan fingerprint density at radius 1 is 0.967 bits per heavy atom. The molecule has 0 radical (unpaired) electrons. The van der Waals surface area contributed by atoms with E-state index < -0.39 is 0 Å². The van der Waals surface area contributed by atoms with Crippen LogP contribution in [-0.4, -0.2) is 32.0 Å². The van der Waals surface area contributed by atoms with Gasteiger partial charge >= 0.3 is 0 Å². The third-order valence-corrected chi connectivity index (χ3v) is 4.83. The highest BCUT2D eigenvalue weighted by Gasteiger charge is 2.25. The standard InChI is InChI=1S/C21H20FN5O3/c22-16-5-3-15(4-6-16)17-7-9-20(29)26(24-17)12-11-23-19(28)13-27-21(30)10-8-18(25-27)14-1-2-14/h3-10,14H,1-2,11-13H2,(H,23,28). The van der Waals surface area contributed by atoms with Gasteiger partial charge in [-0.2, -0.15) is 10.2 Å². The summed E-state index contributed by atoms with van der Waals surface area (Å²) in [5.74, 6) is -0.349. The van der Waals surface area contributed by atoms with Crippen molar-refractivity contribution in [3.05, 3.63) is 80.7 Å². The Morgan fingerprint density at radius 2 is 1.67 bits per heavy atom. The van der Waals surface area contributed by atoms with Gasteiger partial charge in [-0.1, -0.05) is 0 Å². The molecular weight excluding hydrogens is 389 g/mol. The van der Waals surface area contributed by atoms with Crippen LogP contribution in [0.3, 0.4) is 0 Å². The first-order valence-corrected chi connectivity index (χ1v) is 9.68. The van der Waals surface area contributed by atoms with E-state index in [4.69, 9.17) is 0 Å². The van der Waals surface area contributed by atoms with Crippen molar-refractivity contribution in [3.63, 3.8) is 0 Å². The number of aromatic nitrogens is 4. The number of nitrogens with one attached hydrogen (secondary N) is 1. The van der Waals surface area contributed by atoms with E-state index in [2.05, 4.69) is 15.5 Å². The molecule has 1 aliphatic carbocycles. The lowest BCUT2D eigenvalue weighted by atomic mass is 10.1. The number of carbonyl (C=O) groups is 1. The number of amides is 1. The van der Waals surface area contributed by atoms with Crippen LogP contribution < -0.4 is 16.4 Å². The van der Waals surface area contributed by atoms with E-state index in [9.17, 15) is 18.8 Å². The van der Waals surface area contributed by atoms with Crippen molar-refractivity contribution in [2.45, 2.75) is 31.8 Å². The molecule has 0 saturated heterocycles. The van der Waals surface area contributed by atoms with E-state index in [0.29, 0.717) is 17.2 Å². The molecule has 0 aliphatic heterocycles. The lowest BCUT2D eigenvalue weighted by Crippen LogP contribution is -2.36. The van der Waals surface area contributed by atoms with Crippen LogP contribution in [0.2, 0.25) is 0 Å². The van der Waals surface area contributed by atoms with Crippen molar-refractivity contribution in [3.8, 4) is 11.3 Å². The number of nitrogens with zero attached hydrogens (tertiary/aromatic N) is 4. The maximum Gasteiger partial charge on any atom is 0.267 e. The zero-order chi connectivity index (χ0) is 21.1. The van der Waals surface area contributed by atoms with E-state index in [1.165, 1.54) is 28.9 Å². The van der Waals surface area contributed by atoms with Gasteiger partial charge in [0.05, 0.1) is 17.9 Å². The van der Waals surface area contributed by atoms with Gasteiger partial charge in [0.2, 0.25) is 5.91 Å². The number of benzene rings is 1. The molecule has 1 saturated carbocycles. The second-order valence-corrected chi connectivity index (χ2v) is 7.17. The summed E-state index contributed by atoms with van der Waals surface area (Å²) in [6.45, 7) is 0.136. The molecule has 1 aromatic carbocycles. The fourth-order valence-electron chi connectivity index (χ4n) is 3.05. The SMILES string of the molecule is O=C(Cn1nc(C2CC2)ccc1=O)NCCn1nc(-c2ccc(F)cc2)ccc1=O. The van der Waals surface area contributed by atoms with Crippen molar-refractivity contribution in [1.82, 2.24) is 24.9 Å². The summed E-state index contributed by atoms with van der Waals surface area (Å²) in [5.41, 5.74) is 1.38. The van der Waals surface area contributed by atoms with Gasteiger partial charge < -0.3 is 5.32 Å². The first-order chi connectivity index (χ1) is 14.5. The lowest BCUT2D eigenvalue weighted by molar-refractivity contribution is -0.121. The summed E-state index contributed by atoms with van der Waals surface area (Å²) >= 11 is 0. The molecule has 0 atom stereocenters. The van der Waals surface area contributed by atoms with Crippen LogP contribution in [0.4, 0.5) is 4.39 Å². The van der Waals surface area contributed by atoms with Crippen molar-refractivity contribution in [1.29, 1.82) is 0 Å². The van der Waals surface area contributed by atoms with Crippen LogP contribution in [0.25, 0.3) is 11.3 Å². The van der Waals surface area contributed by atoms with Crippen LogP contribution in [0, 0.1) is 5.82 Å². The van der Waals surface area contributed by atoms with Crippen molar-refractivity contribution >= 4 is 5.91 Å². The number of rotatable bonds is 7. The maximum absolute atomic E-state index is 13.1. The first-order valence-electron chi connectivity index (χ1n) is 9.68. The summed E-state index contributed by atoms with van der Waals surface area (Å²) in [5, 5.41) is 11.2. The molecule has 1 amide bonds. The van der Waals surface area contributed by atoms with E-state index in [1.54, 1.807) is 24.3 Å². The summed E-state index contributed by atoms with van der Waals surface area (Å²) in [6.07, 6.45) is 2.10. The second kappa shape index (κ2) is 8.40. The largest absolute Gasteiger partial charge is 0.353 e. The van der Waals surface area contributed by atoms with Crippen molar-refractivity contribution < 1.29 is 9.18 Å². The Labute approximate surface area is 171 Å². The van der Waals surface area contributed by atoms with E-state index in [1.807, 2.05) is 0 Å². The number of halogens is 1. The Balaban J connectivity index is 1.37. The molecule has 154 valence electrons. The number of hydrogen-bond acceptors (Lipinski definition) is 5. The van der Waals surface area contributed by atoms with E-state index in [-0.39, 0.29) is 42.5 Å². The zero-order valence-electron chi connectivity index (χ0n) is 16.1. The summed E-state index contributed by atoms with van der Waals surface area (Å²) in [7, 11) is 0. The molecule has 9 heteroatoms. The Hall–Kier alpha value is -3.62. The van der Waals surface area contributed by atoms with Crippen LogP contribution in [0.5, 0.6) is 0 Å². The quantitative estimate of drug-likeness (QED) is 0.634. The van der Waals surface area contributed by atoms with Crippen LogP contribution in [0.15, 0.2) is 58.1 Å². The highest BCUT2D eigenvalue weighted by molar-refractivity contribution is 5.75. The highest BCUT2D eigenvalue weighted by atomic mass is 19.1. The van der Waals surface area contributed by atoms with E-state index >= 15 is 0 Å². The van der Waals surface area contributed by atoms with Gasteiger partial charge in [-0.15, -0.1) is 0 Å². The van der Waals surface area contributed by atoms with Crippen molar-refractivity contribution in [2.75, 3.05) is 6.54 Å². The Kier molecular flexibility index (Phi) is 5.51. The summed E-state index contributed by atoms with van der Waals surface area (Å²) in [4.78, 5) is 36.2.